The summed E-state index contributed by atoms with van der Waals surface area (Å²) in [6.07, 6.45) is 0. The van der Waals surface area contributed by atoms with E-state index in [1.54, 1.807) is 0 Å². The van der Waals surface area contributed by atoms with Crippen molar-refractivity contribution in [3.63, 3.8) is 0 Å². The van der Waals surface area contributed by atoms with E-state index in [4.69, 9.17) is 17.0 Å². The minimum Gasteiger partial charge on any atom is -0.489 e. The molecule has 1 aliphatic rings. The molecule has 0 aromatic heterocycles. The number of nitrogens with zero attached hydrogens (tertiary/aromatic N) is 1. The summed E-state index contributed by atoms with van der Waals surface area (Å²) >= 11 is 5.67. The molecule has 0 saturated heterocycles. The first kappa shape index (κ1) is 22.7. The minimum absolute atomic E-state index is 0.0137. The molecule has 3 aromatic carbocycles. The van der Waals surface area contributed by atoms with Crippen molar-refractivity contribution in [2.45, 2.75) is 33.4 Å². The standard InChI is InChI=1S/C28H28N2O2S/c1-4-30-20(3)25(27(31)21-13-6-5-7-14-21)26(29-28(30)33)23-16-10-11-17-24(23)32-18-22-15-9-8-12-19(22)2/h5-17,26H,4,18H2,1-3H3,(H,29,33). The predicted octanol–water partition coefficient (Wildman–Crippen LogP) is 5.98. The summed E-state index contributed by atoms with van der Waals surface area (Å²) in [7, 11) is 0. The maximum atomic E-state index is 13.7. The van der Waals surface area contributed by atoms with Crippen LogP contribution >= 0.6 is 12.2 Å². The number of Topliss-reactive ketones (excluding diaryl/α,β-unsaturated/α-hetero) is 1. The fourth-order valence-electron chi connectivity index (χ4n) is 4.21. The molecule has 0 bridgehead atoms. The second-order valence-electron chi connectivity index (χ2n) is 8.07. The van der Waals surface area contributed by atoms with Crippen molar-refractivity contribution < 1.29 is 9.53 Å². The lowest BCUT2D eigenvalue weighted by Crippen LogP contribution is -2.47. The molecule has 0 radical (unpaired) electrons. The lowest BCUT2D eigenvalue weighted by atomic mass is 9.88. The van der Waals surface area contributed by atoms with Gasteiger partial charge < -0.3 is 15.0 Å². The second kappa shape index (κ2) is 10.0. The van der Waals surface area contributed by atoms with Gasteiger partial charge in [-0.05, 0) is 50.2 Å². The number of thiocarbonyl (C=S) groups is 1. The van der Waals surface area contributed by atoms with Crippen molar-refractivity contribution in [2.24, 2.45) is 0 Å². The number of hydrogen-bond acceptors (Lipinski definition) is 3. The predicted molar refractivity (Wildman–Crippen MR) is 136 cm³/mol. The van der Waals surface area contributed by atoms with Crippen LogP contribution in [0.3, 0.4) is 0 Å². The summed E-state index contributed by atoms with van der Waals surface area (Å²) in [5.74, 6) is 0.720. The molecular weight excluding hydrogens is 428 g/mol. The van der Waals surface area contributed by atoms with Crippen LogP contribution < -0.4 is 10.1 Å². The maximum Gasteiger partial charge on any atom is 0.193 e. The van der Waals surface area contributed by atoms with Gasteiger partial charge in [0.05, 0.1) is 6.04 Å². The van der Waals surface area contributed by atoms with Crippen LogP contribution in [0.1, 0.15) is 46.9 Å². The third-order valence-electron chi connectivity index (χ3n) is 6.07. The van der Waals surface area contributed by atoms with E-state index in [1.807, 2.05) is 85.5 Å². The molecule has 1 heterocycles. The summed E-state index contributed by atoms with van der Waals surface area (Å²) in [5.41, 5.74) is 5.41. The number of carbonyl (C=O) groups is 1. The first-order valence-corrected chi connectivity index (χ1v) is 11.6. The van der Waals surface area contributed by atoms with Gasteiger partial charge in [0.2, 0.25) is 0 Å². The number of allylic oxidation sites excluding steroid dienone is 1. The molecule has 0 fully saturated rings. The Morgan fingerprint density at radius 1 is 0.970 bits per heavy atom. The van der Waals surface area contributed by atoms with Crippen LogP contribution in [0.25, 0.3) is 0 Å². The highest BCUT2D eigenvalue weighted by atomic mass is 32.1. The number of ether oxygens (including phenoxy) is 1. The molecule has 1 atom stereocenters. The van der Waals surface area contributed by atoms with E-state index in [-0.39, 0.29) is 5.78 Å². The molecular formula is C28H28N2O2S. The lowest BCUT2D eigenvalue weighted by Gasteiger charge is -2.38. The van der Waals surface area contributed by atoms with Gasteiger partial charge in [0.1, 0.15) is 12.4 Å². The molecule has 0 saturated carbocycles. The Balaban J connectivity index is 1.75. The second-order valence-corrected chi connectivity index (χ2v) is 8.46. The van der Waals surface area contributed by atoms with Crippen molar-refractivity contribution in [1.29, 1.82) is 0 Å². The van der Waals surface area contributed by atoms with Crippen LogP contribution in [-0.2, 0) is 6.61 Å². The van der Waals surface area contributed by atoms with Gasteiger partial charge in [-0.1, -0.05) is 72.8 Å². The van der Waals surface area contributed by atoms with E-state index in [1.165, 1.54) is 5.56 Å². The molecule has 0 amide bonds. The first-order chi connectivity index (χ1) is 16.0. The molecule has 1 aliphatic heterocycles. The lowest BCUT2D eigenvalue weighted by molar-refractivity contribution is 0.102. The molecule has 3 aromatic rings. The highest BCUT2D eigenvalue weighted by Crippen LogP contribution is 2.37. The van der Waals surface area contributed by atoms with Crippen molar-refractivity contribution in [3.8, 4) is 5.75 Å². The maximum absolute atomic E-state index is 13.7. The van der Waals surface area contributed by atoms with Crippen molar-refractivity contribution in [3.05, 3.63) is 112 Å². The number of hydrogen-bond donors (Lipinski definition) is 1. The minimum atomic E-state index is -0.402. The van der Waals surface area contributed by atoms with Crippen LogP contribution in [0.4, 0.5) is 0 Å². The quantitative estimate of drug-likeness (QED) is 0.350. The molecule has 168 valence electrons. The summed E-state index contributed by atoms with van der Waals surface area (Å²) in [5, 5.41) is 4.02. The van der Waals surface area contributed by atoms with E-state index in [0.717, 1.165) is 22.6 Å². The van der Waals surface area contributed by atoms with E-state index in [9.17, 15) is 4.79 Å². The van der Waals surface area contributed by atoms with Gasteiger partial charge in [0.25, 0.3) is 0 Å². The Bertz CT molecular complexity index is 1200. The number of rotatable bonds is 7. The van der Waals surface area contributed by atoms with Crippen LogP contribution in [-0.4, -0.2) is 22.3 Å². The summed E-state index contributed by atoms with van der Waals surface area (Å²) in [4.78, 5) is 15.7. The Kier molecular flexibility index (Phi) is 6.90. The highest BCUT2D eigenvalue weighted by molar-refractivity contribution is 7.80. The van der Waals surface area contributed by atoms with Gasteiger partial charge in [-0.25, -0.2) is 0 Å². The third-order valence-corrected chi connectivity index (χ3v) is 6.41. The molecule has 4 nitrogen and oxygen atoms in total. The molecule has 1 N–H and O–H groups in total. The zero-order valence-corrected chi connectivity index (χ0v) is 20.0. The first-order valence-electron chi connectivity index (χ1n) is 11.2. The monoisotopic (exact) mass is 456 g/mol. The summed E-state index contributed by atoms with van der Waals surface area (Å²) in [6.45, 7) is 7.21. The average molecular weight is 457 g/mol. The van der Waals surface area contributed by atoms with Crippen molar-refractivity contribution in [2.75, 3.05) is 6.54 Å². The van der Waals surface area contributed by atoms with Crippen molar-refractivity contribution in [1.82, 2.24) is 10.2 Å². The fraction of sp³-hybridized carbons (Fsp3) is 0.214. The molecule has 1 unspecified atom stereocenters. The van der Waals surface area contributed by atoms with Gasteiger partial charge in [-0.3, -0.25) is 4.79 Å². The molecule has 0 aliphatic carbocycles. The van der Waals surface area contributed by atoms with Gasteiger partial charge in [-0.15, -0.1) is 0 Å². The van der Waals surface area contributed by atoms with Crippen LogP contribution in [0, 0.1) is 6.92 Å². The number of carbonyl (C=O) groups excluding carboxylic acids is 1. The zero-order valence-electron chi connectivity index (χ0n) is 19.2. The molecule has 4 rings (SSSR count). The molecule has 0 spiro atoms. The molecule has 33 heavy (non-hydrogen) atoms. The normalized spacial score (nSPS) is 15.9. The fourth-order valence-corrected chi connectivity index (χ4v) is 4.60. The Labute approximate surface area is 200 Å². The number of ketones is 1. The Morgan fingerprint density at radius 3 is 2.36 bits per heavy atom. The van der Waals surface area contributed by atoms with Gasteiger partial charge in [0, 0.05) is 28.9 Å². The smallest absolute Gasteiger partial charge is 0.193 e. The van der Waals surface area contributed by atoms with Crippen molar-refractivity contribution >= 4 is 23.1 Å². The van der Waals surface area contributed by atoms with E-state index < -0.39 is 6.04 Å². The SMILES string of the molecule is CCN1C(=S)NC(c2ccccc2OCc2ccccc2C)C(C(=O)c2ccccc2)=C1C. The highest BCUT2D eigenvalue weighted by Gasteiger charge is 2.35. The average Bonchev–Trinajstić information content (AvgIpc) is 2.84. The van der Waals surface area contributed by atoms with E-state index >= 15 is 0 Å². The number of para-hydroxylation sites is 1. The Morgan fingerprint density at radius 2 is 1.64 bits per heavy atom. The van der Waals surface area contributed by atoms with Crippen LogP contribution in [0.5, 0.6) is 5.75 Å². The van der Waals surface area contributed by atoms with Gasteiger partial charge >= 0.3 is 0 Å². The summed E-state index contributed by atoms with van der Waals surface area (Å²) in [6, 6.07) is 25.0. The summed E-state index contributed by atoms with van der Waals surface area (Å²) < 4.78 is 6.28. The molecule has 5 heteroatoms. The number of benzene rings is 3. The van der Waals surface area contributed by atoms with E-state index in [0.29, 0.717) is 29.4 Å². The van der Waals surface area contributed by atoms with Gasteiger partial charge in [0.15, 0.2) is 10.9 Å². The zero-order chi connectivity index (χ0) is 23.4. The Hall–Kier alpha value is -3.44. The topological polar surface area (TPSA) is 41.6 Å². The number of nitrogens with one attached hydrogen (secondary N) is 1. The van der Waals surface area contributed by atoms with Crippen LogP contribution in [0.2, 0.25) is 0 Å². The largest absolute Gasteiger partial charge is 0.489 e. The van der Waals surface area contributed by atoms with E-state index in [2.05, 4.69) is 24.4 Å². The van der Waals surface area contributed by atoms with Gasteiger partial charge in [-0.2, -0.15) is 0 Å². The number of aryl methyl sites for hydroxylation is 1. The third kappa shape index (κ3) is 4.69. The van der Waals surface area contributed by atoms with Crippen LogP contribution in [0.15, 0.2) is 90.1 Å².